The Labute approximate surface area is 115 Å². The Morgan fingerprint density at radius 2 is 2.11 bits per heavy atom. The third kappa shape index (κ3) is 3.03. The van der Waals surface area contributed by atoms with Crippen LogP contribution >= 0.6 is 11.6 Å². The Kier molecular flexibility index (Phi) is 3.71. The molecule has 0 fully saturated rings. The number of carbonyl (C=O) groups is 1. The highest BCUT2D eigenvalue weighted by atomic mass is 35.5. The maximum absolute atomic E-state index is 10.9. The second-order valence-electron chi connectivity index (χ2n) is 4.23. The number of aromatic carboxylic acids is 1. The summed E-state index contributed by atoms with van der Waals surface area (Å²) in [6, 6.07) is 5.13. The molecule has 0 bridgehead atoms. The molecule has 7 heteroatoms. The average Bonchev–Trinajstić information content (AvgIpc) is 2.80. The van der Waals surface area contributed by atoms with E-state index in [4.69, 9.17) is 16.7 Å². The molecular formula is C12H13ClN4O2. The topological polar surface area (TPSA) is 80.0 Å². The molecule has 2 aromatic rings. The van der Waals surface area contributed by atoms with Crippen molar-refractivity contribution in [3.05, 3.63) is 35.1 Å². The lowest BCUT2D eigenvalue weighted by Crippen LogP contribution is -2.05. The van der Waals surface area contributed by atoms with Gasteiger partial charge in [0.05, 0.1) is 5.02 Å². The van der Waals surface area contributed by atoms with E-state index in [1.54, 1.807) is 16.8 Å². The zero-order valence-corrected chi connectivity index (χ0v) is 11.2. The quantitative estimate of drug-likeness (QED) is 0.900. The van der Waals surface area contributed by atoms with Crippen molar-refractivity contribution in [2.75, 3.05) is 5.32 Å². The first kappa shape index (κ1) is 13.4. The van der Waals surface area contributed by atoms with Crippen molar-refractivity contribution < 1.29 is 9.90 Å². The number of carboxylic acids is 1. The summed E-state index contributed by atoms with van der Waals surface area (Å²) in [6.07, 6.45) is 1.83. The molecule has 19 heavy (non-hydrogen) atoms. The Morgan fingerprint density at radius 1 is 1.37 bits per heavy atom. The molecule has 0 spiro atoms. The van der Waals surface area contributed by atoms with Gasteiger partial charge in [0.25, 0.3) is 0 Å². The maximum Gasteiger partial charge on any atom is 0.356 e. The minimum atomic E-state index is -1.17. The standard InChI is InChI=1S/C12H13ClN4O2/c1-7(2)17-6-5-10(16-17)14-9-4-3-8(13)11(15-9)12(18)19/h3-7H,1-2H3,(H,18,19)(H,14,15,16). The van der Waals surface area contributed by atoms with Gasteiger partial charge in [-0.2, -0.15) is 5.10 Å². The zero-order chi connectivity index (χ0) is 14.0. The van der Waals surface area contributed by atoms with E-state index in [1.807, 2.05) is 20.0 Å². The number of anilines is 2. The first-order valence-electron chi connectivity index (χ1n) is 5.69. The van der Waals surface area contributed by atoms with Crippen molar-refractivity contribution in [1.29, 1.82) is 0 Å². The van der Waals surface area contributed by atoms with Crippen LogP contribution in [0.5, 0.6) is 0 Å². The second kappa shape index (κ2) is 5.27. The summed E-state index contributed by atoms with van der Waals surface area (Å²) in [5, 5.41) is 16.3. The molecule has 0 aliphatic carbocycles. The minimum Gasteiger partial charge on any atom is -0.476 e. The van der Waals surface area contributed by atoms with Crippen LogP contribution in [-0.4, -0.2) is 25.8 Å². The van der Waals surface area contributed by atoms with Crippen LogP contribution in [0.4, 0.5) is 11.6 Å². The Morgan fingerprint density at radius 3 is 2.68 bits per heavy atom. The zero-order valence-electron chi connectivity index (χ0n) is 10.5. The van der Waals surface area contributed by atoms with Gasteiger partial charge < -0.3 is 10.4 Å². The fraction of sp³-hybridized carbons (Fsp3) is 0.250. The molecule has 2 aromatic heterocycles. The summed E-state index contributed by atoms with van der Waals surface area (Å²) < 4.78 is 1.79. The minimum absolute atomic E-state index is 0.103. The van der Waals surface area contributed by atoms with E-state index < -0.39 is 5.97 Å². The predicted octanol–water partition coefficient (Wildman–Crippen LogP) is 2.95. The molecule has 0 aromatic carbocycles. The molecule has 0 atom stereocenters. The van der Waals surface area contributed by atoms with E-state index >= 15 is 0 Å². The molecule has 0 aliphatic rings. The van der Waals surface area contributed by atoms with Crippen molar-refractivity contribution in [2.45, 2.75) is 19.9 Å². The maximum atomic E-state index is 10.9. The van der Waals surface area contributed by atoms with Gasteiger partial charge in [0.2, 0.25) is 0 Å². The fourth-order valence-electron chi connectivity index (χ4n) is 1.49. The largest absolute Gasteiger partial charge is 0.476 e. The monoisotopic (exact) mass is 280 g/mol. The highest BCUT2D eigenvalue weighted by molar-refractivity contribution is 6.33. The Hall–Kier alpha value is -2.08. The first-order chi connectivity index (χ1) is 8.97. The van der Waals surface area contributed by atoms with Crippen LogP contribution in [0.2, 0.25) is 5.02 Å². The number of pyridine rings is 1. The lowest BCUT2D eigenvalue weighted by atomic mass is 10.3. The Bertz CT molecular complexity index is 610. The van der Waals surface area contributed by atoms with Crippen LogP contribution in [-0.2, 0) is 0 Å². The van der Waals surface area contributed by atoms with Crippen molar-refractivity contribution in [1.82, 2.24) is 14.8 Å². The fourth-order valence-corrected chi connectivity index (χ4v) is 1.67. The van der Waals surface area contributed by atoms with Crippen molar-refractivity contribution >= 4 is 29.2 Å². The van der Waals surface area contributed by atoms with Gasteiger partial charge in [-0.1, -0.05) is 11.6 Å². The van der Waals surface area contributed by atoms with Crippen LogP contribution in [0.15, 0.2) is 24.4 Å². The number of halogens is 1. The molecular weight excluding hydrogens is 268 g/mol. The number of carboxylic acid groups (broad SMARTS) is 1. The van der Waals surface area contributed by atoms with Gasteiger partial charge in [-0.25, -0.2) is 9.78 Å². The van der Waals surface area contributed by atoms with Gasteiger partial charge >= 0.3 is 5.97 Å². The average molecular weight is 281 g/mol. The predicted molar refractivity (Wildman–Crippen MR) is 72.1 cm³/mol. The highest BCUT2D eigenvalue weighted by Crippen LogP contribution is 2.19. The van der Waals surface area contributed by atoms with Crippen molar-refractivity contribution in [2.24, 2.45) is 0 Å². The van der Waals surface area contributed by atoms with Gasteiger partial charge in [0, 0.05) is 18.3 Å². The SMILES string of the molecule is CC(C)n1ccc(Nc2ccc(Cl)c(C(=O)O)n2)n1. The number of nitrogens with zero attached hydrogens (tertiary/aromatic N) is 3. The summed E-state index contributed by atoms with van der Waals surface area (Å²) in [6.45, 7) is 4.03. The number of aromatic nitrogens is 3. The molecule has 2 N–H and O–H groups in total. The molecule has 0 saturated heterocycles. The van der Waals surface area contributed by atoms with Gasteiger partial charge in [0.1, 0.15) is 5.82 Å². The van der Waals surface area contributed by atoms with Crippen LogP contribution in [0.1, 0.15) is 30.4 Å². The van der Waals surface area contributed by atoms with Gasteiger partial charge in [-0.15, -0.1) is 0 Å². The molecule has 2 rings (SSSR count). The lowest BCUT2D eigenvalue weighted by molar-refractivity contribution is 0.0691. The molecule has 0 radical (unpaired) electrons. The molecule has 0 unspecified atom stereocenters. The smallest absolute Gasteiger partial charge is 0.356 e. The molecule has 0 saturated carbocycles. The normalized spacial score (nSPS) is 10.7. The first-order valence-corrected chi connectivity index (χ1v) is 6.07. The van der Waals surface area contributed by atoms with Crippen molar-refractivity contribution in [3.63, 3.8) is 0 Å². The Balaban J connectivity index is 2.23. The van der Waals surface area contributed by atoms with Crippen molar-refractivity contribution in [3.8, 4) is 0 Å². The van der Waals surface area contributed by atoms with Crippen LogP contribution in [0.25, 0.3) is 0 Å². The second-order valence-corrected chi connectivity index (χ2v) is 4.64. The summed E-state index contributed by atoms with van der Waals surface area (Å²) >= 11 is 5.75. The summed E-state index contributed by atoms with van der Waals surface area (Å²) in [5.41, 5.74) is -0.185. The molecule has 100 valence electrons. The number of hydrogen-bond donors (Lipinski definition) is 2. The van der Waals surface area contributed by atoms with E-state index in [0.29, 0.717) is 11.6 Å². The summed E-state index contributed by atoms with van der Waals surface area (Å²) in [4.78, 5) is 14.9. The number of rotatable bonds is 4. The number of hydrogen-bond acceptors (Lipinski definition) is 4. The summed E-state index contributed by atoms with van der Waals surface area (Å²) in [7, 11) is 0. The molecule has 0 aliphatic heterocycles. The van der Waals surface area contributed by atoms with E-state index in [9.17, 15) is 4.79 Å². The van der Waals surface area contributed by atoms with Crippen LogP contribution in [0.3, 0.4) is 0 Å². The van der Waals surface area contributed by atoms with Gasteiger partial charge in [-0.05, 0) is 26.0 Å². The van der Waals surface area contributed by atoms with Crippen LogP contribution < -0.4 is 5.32 Å². The molecule has 0 amide bonds. The van der Waals surface area contributed by atoms with Crippen LogP contribution in [0, 0.1) is 0 Å². The van der Waals surface area contributed by atoms with Gasteiger partial charge in [-0.3, -0.25) is 4.68 Å². The third-order valence-corrected chi connectivity index (χ3v) is 2.75. The summed E-state index contributed by atoms with van der Waals surface area (Å²) in [5.74, 6) is -0.183. The van der Waals surface area contributed by atoms with E-state index in [0.717, 1.165) is 0 Å². The molecule has 6 nitrogen and oxygen atoms in total. The number of nitrogens with one attached hydrogen (secondary N) is 1. The lowest BCUT2D eigenvalue weighted by Gasteiger charge is -2.06. The highest BCUT2D eigenvalue weighted by Gasteiger charge is 2.12. The van der Waals surface area contributed by atoms with Gasteiger partial charge in [0.15, 0.2) is 11.5 Å². The molecule has 2 heterocycles. The van der Waals surface area contributed by atoms with E-state index in [-0.39, 0.29) is 16.8 Å². The third-order valence-electron chi connectivity index (χ3n) is 2.44. The van der Waals surface area contributed by atoms with E-state index in [2.05, 4.69) is 15.4 Å². The van der Waals surface area contributed by atoms with E-state index in [1.165, 1.54) is 6.07 Å².